The van der Waals surface area contributed by atoms with Gasteiger partial charge in [-0.2, -0.15) is 11.8 Å². The van der Waals surface area contributed by atoms with Gasteiger partial charge in [0, 0.05) is 13.0 Å². The van der Waals surface area contributed by atoms with Crippen LogP contribution in [0.5, 0.6) is 0 Å². The molecule has 0 bridgehead atoms. The van der Waals surface area contributed by atoms with Crippen LogP contribution < -0.4 is 0 Å². The molecule has 12 heavy (non-hydrogen) atoms. The zero-order valence-corrected chi connectivity index (χ0v) is 8.85. The third-order valence-electron chi connectivity index (χ3n) is 1.79. The van der Waals surface area contributed by atoms with Gasteiger partial charge in [0.15, 0.2) is 0 Å². The van der Waals surface area contributed by atoms with Gasteiger partial charge < -0.3 is 4.57 Å². The van der Waals surface area contributed by atoms with E-state index in [1.807, 2.05) is 7.05 Å². The van der Waals surface area contributed by atoms with Crippen molar-refractivity contribution < 1.29 is 0 Å². The molecule has 1 aromatic heterocycles. The van der Waals surface area contributed by atoms with Gasteiger partial charge in [-0.1, -0.05) is 13.8 Å². The Morgan fingerprint density at radius 2 is 2.08 bits per heavy atom. The molecule has 68 valence electrons. The SMILES string of the molecule is CSCc1nnc(C(C)C)n1C. The highest BCUT2D eigenvalue weighted by atomic mass is 32.2. The van der Waals surface area contributed by atoms with Crippen LogP contribution in [0.15, 0.2) is 0 Å². The van der Waals surface area contributed by atoms with Crippen molar-refractivity contribution in [3.63, 3.8) is 0 Å². The van der Waals surface area contributed by atoms with Crippen molar-refractivity contribution >= 4 is 11.8 Å². The molecule has 0 aromatic carbocycles. The summed E-state index contributed by atoms with van der Waals surface area (Å²) in [4.78, 5) is 0. The Morgan fingerprint density at radius 1 is 1.42 bits per heavy atom. The maximum atomic E-state index is 4.13. The van der Waals surface area contributed by atoms with E-state index >= 15 is 0 Å². The smallest absolute Gasteiger partial charge is 0.142 e. The number of nitrogens with zero attached hydrogens (tertiary/aromatic N) is 3. The summed E-state index contributed by atoms with van der Waals surface area (Å²) >= 11 is 1.77. The van der Waals surface area contributed by atoms with E-state index in [1.165, 1.54) is 0 Å². The van der Waals surface area contributed by atoms with Gasteiger partial charge in [0.2, 0.25) is 0 Å². The molecule has 0 aliphatic carbocycles. The lowest BCUT2D eigenvalue weighted by atomic mass is 10.2. The molecular weight excluding hydrogens is 170 g/mol. The van der Waals surface area contributed by atoms with E-state index in [2.05, 4.69) is 34.9 Å². The van der Waals surface area contributed by atoms with Gasteiger partial charge in [-0.3, -0.25) is 0 Å². The molecular formula is C8H15N3S. The number of hydrogen-bond acceptors (Lipinski definition) is 3. The fourth-order valence-corrected chi connectivity index (χ4v) is 1.64. The van der Waals surface area contributed by atoms with Crippen LogP contribution in [-0.4, -0.2) is 21.0 Å². The number of hydrogen-bond donors (Lipinski definition) is 0. The van der Waals surface area contributed by atoms with Crippen LogP contribution in [0.1, 0.15) is 31.4 Å². The van der Waals surface area contributed by atoms with Crippen LogP contribution in [0.3, 0.4) is 0 Å². The Morgan fingerprint density at radius 3 is 2.50 bits per heavy atom. The summed E-state index contributed by atoms with van der Waals surface area (Å²) < 4.78 is 2.08. The first-order valence-corrected chi connectivity index (χ1v) is 5.43. The summed E-state index contributed by atoms with van der Waals surface area (Å²) in [5.41, 5.74) is 0. The second kappa shape index (κ2) is 3.94. The molecule has 1 heterocycles. The minimum absolute atomic E-state index is 0.457. The molecule has 1 rings (SSSR count). The lowest BCUT2D eigenvalue weighted by Crippen LogP contribution is -2.02. The number of rotatable bonds is 3. The van der Waals surface area contributed by atoms with Crippen LogP contribution in [-0.2, 0) is 12.8 Å². The zero-order chi connectivity index (χ0) is 9.14. The molecule has 0 saturated carbocycles. The number of thioether (sulfide) groups is 1. The Hall–Kier alpha value is -0.510. The summed E-state index contributed by atoms with van der Waals surface area (Å²) in [5, 5.41) is 8.25. The first kappa shape index (κ1) is 9.58. The van der Waals surface area contributed by atoms with Crippen LogP contribution in [0.2, 0.25) is 0 Å². The predicted octanol–water partition coefficient (Wildman–Crippen LogP) is 1.80. The number of aromatic nitrogens is 3. The zero-order valence-electron chi connectivity index (χ0n) is 8.03. The molecule has 4 heteroatoms. The normalized spacial score (nSPS) is 11.1. The van der Waals surface area contributed by atoms with Crippen molar-refractivity contribution in [2.75, 3.05) is 6.26 Å². The topological polar surface area (TPSA) is 30.7 Å². The molecule has 0 N–H and O–H groups in total. The highest BCUT2D eigenvalue weighted by Crippen LogP contribution is 2.13. The average molecular weight is 185 g/mol. The maximum Gasteiger partial charge on any atom is 0.142 e. The van der Waals surface area contributed by atoms with Crippen molar-refractivity contribution in [2.45, 2.75) is 25.5 Å². The molecule has 3 nitrogen and oxygen atoms in total. The molecule has 0 spiro atoms. The van der Waals surface area contributed by atoms with Crippen LogP contribution in [0.25, 0.3) is 0 Å². The maximum absolute atomic E-state index is 4.13. The minimum atomic E-state index is 0.457. The molecule has 0 amide bonds. The summed E-state index contributed by atoms with van der Waals surface area (Å²) in [6.45, 7) is 4.26. The first-order chi connectivity index (χ1) is 5.66. The summed E-state index contributed by atoms with van der Waals surface area (Å²) in [6, 6.07) is 0. The second-order valence-corrected chi connectivity index (χ2v) is 3.99. The fourth-order valence-electron chi connectivity index (χ4n) is 1.13. The van der Waals surface area contributed by atoms with Gasteiger partial charge in [-0.05, 0) is 6.26 Å². The monoisotopic (exact) mass is 185 g/mol. The predicted molar refractivity (Wildman–Crippen MR) is 52.3 cm³/mol. The Kier molecular flexibility index (Phi) is 3.14. The van der Waals surface area contributed by atoms with Crippen LogP contribution in [0.4, 0.5) is 0 Å². The Labute approximate surface area is 77.6 Å². The Balaban J connectivity index is 2.88. The highest BCUT2D eigenvalue weighted by molar-refractivity contribution is 7.97. The molecule has 1 aromatic rings. The van der Waals surface area contributed by atoms with Crippen molar-refractivity contribution in [1.82, 2.24) is 14.8 Å². The quantitative estimate of drug-likeness (QED) is 0.719. The van der Waals surface area contributed by atoms with E-state index in [0.717, 1.165) is 17.4 Å². The van der Waals surface area contributed by atoms with E-state index in [-0.39, 0.29) is 0 Å². The van der Waals surface area contributed by atoms with Crippen molar-refractivity contribution in [3.05, 3.63) is 11.6 Å². The van der Waals surface area contributed by atoms with Gasteiger partial charge in [0.25, 0.3) is 0 Å². The second-order valence-electron chi connectivity index (χ2n) is 3.12. The third kappa shape index (κ3) is 1.80. The van der Waals surface area contributed by atoms with Crippen molar-refractivity contribution in [1.29, 1.82) is 0 Å². The summed E-state index contributed by atoms with van der Waals surface area (Å²) in [5.74, 6) is 3.53. The first-order valence-electron chi connectivity index (χ1n) is 4.04. The van der Waals surface area contributed by atoms with E-state index in [4.69, 9.17) is 0 Å². The summed E-state index contributed by atoms with van der Waals surface area (Å²) in [6.07, 6.45) is 2.07. The van der Waals surface area contributed by atoms with Gasteiger partial charge >= 0.3 is 0 Å². The lowest BCUT2D eigenvalue weighted by molar-refractivity contribution is 0.698. The third-order valence-corrected chi connectivity index (χ3v) is 2.34. The van der Waals surface area contributed by atoms with Crippen molar-refractivity contribution in [2.24, 2.45) is 7.05 Å². The highest BCUT2D eigenvalue weighted by Gasteiger charge is 2.10. The molecule has 0 atom stereocenters. The molecule has 0 fully saturated rings. The molecule has 0 unspecified atom stereocenters. The summed E-state index contributed by atoms with van der Waals surface area (Å²) in [7, 11) is 2.03. The van der Waals surface area contributed by atoms with Gasteiger partial charge in [0.05, 0.1) is 5.75 Å². The van der Waals surface area contributed by atoms with E-state index < -0.39 is 0 Å². The van der Waals surface area contributed by atoms with Crippen LogP contribution in [0, 0.1) is 0 Å². The van der Waals surface area contributed by atoms with Gasteiger partial charge in [-0.15, -0.1) is 10.2 Å². The molecule has 0 aliphatic heterocycles. The lowest BCUT2D eigenvalue weighted by Gasteiger charge is -2.04. The minimum Gasteiger partial charge on any atom is -0.317 e. The molecule has 0 radical (unpaired) electrons. The fraction of sp³-hybridized carbons (Fsp3) is 0.750. The van der Waals surface area contributed by atoms with E-state index in [0.29, 0.717) is 5.92 Å². The average Bonchev–Trinajstić information content (AvgIpc) is 2.34. The van der Waals surface area contributed by atoms with Gasteiger partial charge in [0.1, 0.15) is 11.6 Å². The van der Waals surface area contributed by atoms with E-state index in [9.17, 15) is 0 Å². The van der Waals surface area contributed by atoms with Gasteiger partial charge in [-0.25, -0.2) is 0 Å². The standard InChI is InChI=1S/C8H15N3S/c1-6(2)8-10-9-7(5-12-4)11(8)3/h6H,5H2,1-4H3. The van der Waals surface area contributed by atoms with Crippen LogP contribution >= 0.6 is 11.8 Å². The largest absolute Gasteiger partial charge is 0.317 e. The van der Waals surface area contributed by atoms with Crippen molar-refractivity contribution in [3.8, 4) is 0 Å². The molecule has 0 saturated heterocycles. The Bertz CT molecular complexity index is 255. The molecule has 0 aliphatic rings. The van der Waals surface area contributed by atoms with E-state index in [1.54, 1.807) is 11.8 Å².